The summed E-state index contributed by atoms with van der Waals surface area (Å²) in [5.41, 5.74) is 4.58. The van der Waals surface area contributed by atoms with E-state index in [0.717, 1.165) is 19.3 Å². The average molecular weight is 421 g/mol. The minimum absolute atomic E-state index is 0.0968. The molecule has 1 aliphatic rings. The molecular weight excluding hydrogens is 388 g/mol. The van der Waals surface area contributed by atoms with Crippen LogP contribution in [0.25, 0.3) is 0 Å². The predicted octanol–water partition coefficient (Wildman–Crippen LogP) is 4.40. The van der Waals surface area contributed by atoms with Crippen LogP contribution in [0.2, 0.25) is 0 Å². The lowest BCUT2D eigenvalue weighted by Crippen LogP contribution is -2.35. The van der Waals surface area contributed by atoms with Crippen molar-refractivity contribution in [2.45, 2.75) is 52.4 Å². The number of rotatable bonds is 11. The van der Waals surface area contributed by atoms with Gasteiger partial charge in [0.15, 0.2) is 5.78 Å². The summed E-state index contributed by atoms with van der Waals surface area (Å²) >= 11 is 0. The number of aliphatic hydroxyl groups excluding tert-OH is 1. The number of fused-ring (bicyclic) bond motifs is 1. The van der Waals surface area contributed by atoms with E-state index in [9.17, 15) is 14.4 Å². The molecule has 2 atom stereocenters. The zero-order chi connectivity index (χ0) is 22.4. The number of hydrogen-bond acceptors (Lipinski definition) is 4. The summed E-state index contributed by atoms with van der Waals surface area (Å²) < 4.78 is 0. The molecule has 0 bridgehead atoms. The van der Waals surface area contributed by atoms with Gasteiger partial charge in [-0.3, -0.25) is 14.4 Å². The minimum Gasteiger partial charge on any atom is -0.396 e. The molecule has 164 valence electrons. The van der Waals surface area contributed by atoms with Crippen molar-refractivity contribution in [3.8, 4) is 0 Å². The van der Waals surface area contributed by atoms with Crippen molar-refractivity contribution in [3.63, 3.8) is 0 Å². The molecule has 31 heavy (non-hydrogen) atoms. The summed E-state index contributed by atoms with van der Waals surface area (Å²) in [4.78, 5) is 38.0. The Balaban J connectivity index is 1.67. The predicted molar refractivity (Wildman–Crippen MR) is 121 cm³/mol. The summed E-state index contributed by atoms with van der Waals surface area (Å²) in [6, 6.07) is 16.2. The van der Waals surface area contributed by atoms with Gasteiger partial charge in [-0.1, -0.05) is 62.4 Å². The molecule has 0 aliphatic heterocycles. The number of benzene rings is 2. The topological polar surface area (TPSA) is 71.4 Å². The quantitative estimate of drug-likeness (QED) is 0.432. The number of ketones is 3. The summed E-state index contributed by atoms with van der Waals surface area (Å²) in [5, 5.41) is 9.12. The zero-order valence-electron chi connectivity index (χ0n) is 18.5. The van der Waals surface area contributed by atoms with Gasteiger partial charge in [-0.25, -0.2) is 0 Å². The van der Waals surface area contributed by atoms with Crippen LogP contribution in [0.4, 0.5) is 0 Å². The molecule has 2 unspecified atom stereocenters. The number of aliphatic hydroxyl groups is 1. The van der Waals surface area contributed by atoms with Crippen LogP contribution in [0, 0.1) is 17.8 Å². The first-order valence-corrected chi connectivity index (χ1v) is 11.3. The SMILES string of the molecule is CCCC(=O)C(C(=O)CCO)C(C)C(=O)c1ccc(CC2Cc3ccccc3C2)cc1. The molecule has 2 aromatic rings. The van der Waals surface area contributed by atoms with E-state index in [4.69, 9.17) is 5.11 Å². The molecule has 1 aliphatic carbocycles. The van der Waals surface area contributed by atoms with E-state index in [0.29, 0.717) is 17.9 Å². The molecule has 3 rings (SSSR count). The maximum atomic E-state index is 13.0. The third-order valence-corrected chi connectivity index (χ3v) is 6.36. The highest BCUT2D eigenvalue weighted by Crippen LogP contribution is 2.29. The lowest BCUT2D eigenvalue weighted by Gasteiger charge is -2.21. The number of carbonyl (C=O) groups excluding carboxylic acids is 3. The van der Waals surface area contributed by atoms with E-state index in [2.05, 4.69) is 24.3 Å². The molecule has 0 fully saturated rings. The van der Waals surface area contributed by atoms with Crippen LogP contribution in [0.15, 0.2) is 48.5 Å². The summed E-state index contributed by atoms with van der Waals surface area (Å²) in [5.74, 6) is -1.88. The van der Waals surface area contributed by atoms with Gasteiger partial charge in [0.05, 0.1) is 5.92 Å². The van der Waals surface area contributed by atoms with Crippen molar-refractivity contribution in [2.75, 3.05) is 6.61 Å². The molecule has 2 aromatic carbocycles. The second-order valence-corrected chi connectivity index (χ2v) is 8.73. The average Bonchev–Trinajstić information content (AvgIpc) is 3.16. The van der Waals surface area contributed by atoms with Crippen molar-refractivity contribution in [1.29, 1.82) is 0 Å². The lowest BCUT2D eigenvalue weighted by atomic mass is 9.79. The summed E-state index contributed by atoms with van der Waals surface area (Å²) in [7, 11) is 0. The standard InChI is InChI=1S/C27H32O4/c1-3-6-24(29)26(25(30)13-14-28)18(2)27(31)21-11-9-19(10-12-21)15-20-16-22-7-4-5-8-23(22)17-20/h4-5,7-12,18,20,26,28H,3,6,13-17H2,1-2H3. The van der Waals surface area contributed by atoms with E-state index < -0.39 is 11.8 Å². The molecule has 0 saturated carbocycles. The smallest absolute Gasteiger partial charge is 0.166 e. The third-order valence-electron chi connectivity index (χ3n) is 6.36. The second kappa shape index (κ2) is 10.6. The van der Waals surface area contributed by atoms with Gasteiger partial charge in [0.1, 0.15) is 11.6 Å². The molecule has 0 radical (unpaired) electrons. The van der Waals surface area contributed by atoms with Gasteiger partial charge in [0.2, 0.25) is 0 Å². The molecular formula is C27H32O4. The van der Waals surface area contributed by atoms with Crippen LogP contribution in [-0.4, -0.2) is 29.1 Å². The van der Waals surface area contributed by atoms with Gasteiger partial charge < -0.3 is 5.11 Å². The highest BCUT2D eigenvalue weighted by molar-refractivity contribution is 6.09. The molecule has 0 spiro atoms. The Morgan fingerprint density at radius 1 is 0.935 bits per heavy atom. The minimum atomic E-state index is -0.976. The Morgan fingerprint density at radius 2 is 1.52 bits per heavy atom. The fraction of sp³-hybridized carbons (Fsp3) is 0.444. The van der Waals surface area contributed by atoms with E-state index in [1.165, 1.54) is 16.7 Å². The van der Waals surface area contributed by atoms with E-state index in [-0.39, 0.29) is 36.8 Å². The van der Waals surface area contributed by atoms with E-state index in [1.807, 2.05) is 31.2 Å². The fourth-order valence-corrected chi connectivity index (χ4v) is 4.75. The molecule has 0 amide bonds. The molecule has 1 N–H and O–H groups in total. The van der Waals surface area contributed by atoms with Crippen LogP contribution in [-0.2, 0) is 28.9 Å². The first-order chi connectivity index (χ1) is 14.9. The normalized spacial score (nSPS) is 15.3. The maximum Gasteiger partial charge on any atom is 0.166 e. The Bertz CT molecular complexity index is 886. The van der Waals surface area contributed by atoms with Crippen molar-refractivity contribution in [1.82, 2.24) is 0 Å². The summed E-state index contributed by atoms with van der Waals surface area (Å²) in [6.07, 6.45) is 3.93. The van der Waals surface area contributed by atoms with Crippen molar-refractivity contribution in [2.24, 2.45) is 17.8 Å². The van der Waals surface area contributed by atoms with Crippen LogP contribution in [0.3, 0.4) is 0 Å². The molecule has 0 saturated heterocycles. The van der Waals surface area contributed by atoms with Gasteiger partial charge in [0, 0.05) is 30.9 Å². The second-order valence-electron chi connectivity index (χ2n) is 8.73. The van der Waals surface area contributed by atoms with Gasteiger partial charge in [0.25, 0.3) is 0 Å². The first kappa shape index (κ1) is 23.1. The zero-order valence-corrected chi connectivity index (χ0v) is 18.5. The monoisotopic (exact) mass is 420 g/mol. The number of Topliss-reactive ketones (excluding diaryl/α,β-unsaturated/α-hetero) is 3. The van der Waals surface area contributed by atoms with Crippen molar-refractivity contribution in [3.05, 3.63) is 70.8 Å². The molecule has 4 nitrogen and oxygen atoms in total. The molecule has 0 heterocycles. The highest BCUT2D eigenvalue weighted by atomic mass is 16.3. The molecule has 4 heteroatoms. The Morgan fingerprint density at radius 3 is 2.06 bits per heavy atom. The molecule has 0 aromatic heterocycles. The third kappa shape index (κ3) is 5.56. The Labute approximate surface area is 184 Å². The van der Waals surface area contributed by atoms with Gasteiger partial charge in [-0.15, -0.1) is 0 Å². The van der Waals surface area contributed by atoms with Crippen LogP contribution < -0.4 is 0 Å². The van der Waals surface area contributed by atoms with Gasteiger partial charge >= 0.3 is 0 Å². The van der Waals surface area contributed by atoms with E-state index in [1.54, 1.807) is 6.92 Å². The van der Waals surface area contributed by atoms with Gasteiger partial charge in [-0.2, -0.15) is 0 Å². The lowest BCUT2D eigenvalue weighted by molar-refractivity contribution is -0.134. The van der Waals surface area contributed by atoms with E-state index >= 15 is 0 Å². The maximum absolute atomic E-state index is 13.0. The Kier molecular flexibility index (Phi) is 7.91. The number of carbonyl (C=O) groups is 3. The number of hydrogen-bond donors (Lipinski definition) is 1. The first-order valence-electron chi connectivity index (χ1n) is 11.3. The fourth-order valence-electron chi connectivity index (χ4n) is 4.75. The van der Waals surface area contributed by atoms with Crippen molar-refractivity contribution >= 4 is 17.3 Å². The van der Waals surface area contributed by atoms with Crippen molar-refractivity contribution < 1.29 is 19.5 Å². The Hall–Kier alpha value is -2.59. The van der Waals surface area contributed by atoms with Gasteiger partial charge in [-0.05, 0) is 48.3 Å². The summed E-state index contributed by atoms with van der Waals surface area (Å²) in [6.45, 7) is 3.22. The largest absolute Gasteiger partial charge is 0.396 e. The van der Waals surface area contributed by atoms with Crippen LogP contribution >= 0.6 is 0 Å². The van der Waals surface area contributed by atoms with Crippen LogP contribution in [0.5, 0.6) is 0 Å². The van der Waals surface area contributed by atoms with Crippen LogP contribution in [0.1, 0.15) is 60.2 Å². The highest BCUT2D eigenvalue weighted by Gasteiger charge is 2.35.